The average molecular weight is 373 g/mol. The van der Waals surface area contributed by atoms with Crippen LogP contribution in [-0.2, 0) is 23.9 Å². The molecule has 26 heavy (non-hydrogen) atoms. The van der Waals surface area contributed by atoms with Gasteiger partial charge in [-0.25, -0.2) is 13.6 Å². The maximum atomic E-state index is 13.7. The molecule has 0 fully saturated rings. The monoisotopic (exact) mass is 373 g/mol. The molecule has 10 heteroatoms. The fourth-order valence-electron chi connectivity index (χ4n) is 2.28. The average Bonchev–Trinajstić information content (AvgIpc) is 2.58. The summed E-state index contributed by atoms with van der Waals surface area (Å²) in [6, 6.07) is 0.361. The Kier molecular flexibility index (Phi) is 7.17. The number of esters is 2. The van der Waals surface area contributed by atoms with Crippen LogP contribution in [0.5, 0.6) is 0 Å². The Labute approximate surface area is 147 Å². The molecule has 2 N–H and O–H groups in total. The largest absolute Gasteiger partial charge is 0.480 e. The fourth-order valence-corrected chi connectivity index (χ4v) is 2.28. The van der Waals surface area contributed by atoms with Crippen molar-refractivity contribution in [1.29, 1.82) is 0 Å². The molecule has 2 atom stereocenters. The van der Waals surface area contributed by atoms with Crippen molar-refractivity contribution in [3.05, 3.63) is 35.4 Å². The number of carbonyl (C=O) groups excluding carboxylic acids is 3. The van der Waals surface area contributed by atoms with E-state index in [1.165, 1.54) is 6.92 Å². The van der Waals surface area contributed by atoms with Crippen molar-refractivity contribution in [3.8, 4) is 0 Å². The van der Waals surface area contributed by atoms with E-state index in [1.807, 2.05) is 5.32 Å². The van der Waals surface area contributed by atoms with Crippen molar-refractivity contribution < 1.29 is 42.5 Å². The third-order valence-corrected chi connectivity index (χ3v) is 3.69. The lowest BCUT2D eigenvalue weighted by Crippen LogP contribution is -2.50. The molecule has 142 valence electrons. The SMILES string of the molecule is COC(=O)C(C(=O)OC)[C@@H](C)[C@H](NC(=O)c1ccc(F)cc1F)C(=O)O. The molecule has 0 saturated carbocycles. The normalized spacial score (nSPS) is 12.8. The molecule has 1 aromatic rings. The minimum Gasteiger partial charge on any atom is -0.480 e. The molecular weight excluding hydrogens is 356 g/mol. The second-order valence-electron chi connectivity index (χ2n) is 5.30. The van der Waals surface area contributed by atoms with Crippen molar-refractivity contribution in [3.63, 3.8) is 0 Å². The van der Waals surface area contributed by atoms with Crippen LogP contribution >= 0.6 is 0 Å². The number of methoxy groups -OCH3 is 2. The van der Waals surface area contributed by atoms with Gasteiger partial charge in [-0.3, -0.25) is 14.4 Å². The van der Waals surface area contributed by atoms with Crippen LogP contribution in [0.25, 0.3) is 0 Å². The molecule has 1 rings (SSSR count). The highest BCUT2D eigenvalue weighted by molar-refractivity contribution is 5.99. The summed E-state index contributed by atoms with van der Waals surface area (Å²) in [4.78, 5) is 47.2. The Morgan fingerprint density at radius 2 is 1.62 bits per heavy atom. The number of halogens is 2. The van der Waals surface area contributed by atoms with E-state index in [0.717, 1.165) is 26.4 Å². The predicted molar refractivity (Wildman–Crippen MR) is 81.9 cm³/mol. The highest BCUT2D eigenvalue weighted by Gasteiger charge is 2.42. The third kappa shape index (κ3) is 4.74. The van der Waals surface area contributed by atoms with Gasteiger partial charge in [-0.15, -0.1) is 0 Å². The minimum atomic E-state index is -1.75. The summed E-state index contributed by atoms with van der Waals surface area (Å²) in [5.74, 6) is -9.89. The van der Waals surface area contributed by atoms with E-state index in [1.54, 1.807) is 0 Å². The number of hydrogen-bond acceptors (Lipinski definition) is 6. The molecule has 0 aliphatic carbocycles. The van der Waals surface area contributed by atoms with E-state index < -0.39 is 58.9 Å². The zero-order chi connectivity index (χ0) is 20.0. The quantitative estimate of drug-likeness (QED) is 0.535. The third-order valence-electron chi connectivity index (χ3n) is 3.69. The van der Waals surface area contributed by atoms with Gasteiger partial charge < -0.3 is 19.9 Å². The smallest absolute Gasteiger partial charge is 0.326 e. The van der Waals surface area contributed by atoms with E-state index in [4.69, 9.17) is 0 Å². The van der Waals surface area contributed by atoms with Crippen LogP contribution in [0.4, 0.5) is 8.78 Å². The van der Waals surface area contributed by atoms with Crippen LogP contribution in [0, 0.1) is 23.5 Å². The Bertz CT molecular complexity index is 707. The highest BCUT2D eigenvalue weighted by atomic mass is 19.1. The van der Waals surface area contributed by atoms with Crippen LogP contribution < -0.4 is 5.32 Å². The van der Waals surface area contributed by atoms with Gasteiger partial charge in [0, 0.05) is 12.0 Å². The number of rotatable bonds is 7. The minimum absolute atomic E-state index is 0.458. The van der Waals surface area contributed by atoms with Crippen molar-refractivity contribution in [1.82, 2.24) is 5.32 Å². The van der Waals surface area contributed by atoms with Crippen LogP contribution in [0.2, 0.25) is 0 Å². The summed E-state index contributed by atoms with van der Waals surface area (Å²) in [7, 11) is 1.99. The zero-order valence-corrected chi connectivity index (χ0v) is 14.1. The molecule has 1 amide bonds. The molecule has 0 bridgehead atoms. The number of ether oxygens (including phenoxy) is 2. The van der Waals surface area contributed by atoms with Gasteiger partial charge in [-0.1, -0.05) is 6.92 Å². The van der Waals surface area contributed by atoms with Crippen molar-refractivity contribution in [2.24, 2.45) is 11.8 Å². The lowest BCUT2D eigenvalue weighted by molar-refractivity contribution is -0.162. The van der Waals surface area contributed by atoms with Crippen molar-refractivity contribution in [2.75, 3.05) is 14.2 Å². The highest BCUT2D eigenvalue weighted by Crippen LogP contribution is 2.20. The number of aliphatic carboxylic acids is 1. The van der Waals surface area contributed by atoms with Gasteiger partial charge >= 0.3 is 17.9 Å². The Morgan fingerprint density at radius 3 is 2.04 bits per heavy atom. The van der Waals surface area contributed by atoms with Gasteiger partial charge in [-0.2, -0.15) is 0 Å². The van der Waals surface area contributed by atoms with Gasteiger partial charge in [0.1, 0.15) is 17.7 Å². The first-order valence-electron chi connectivity index (χ1n) is 7.28. The predicted octanol–water partition coefficient (Wildman–Crippen LogP) is 0.746. The number of carboxylic acids is 1. The standard InChI is InChI=1S/C16H17F2NO7/c1-7(11(15(23)25-2)16(24)26-3)12(14(21)22)19-13(20)9-5-4-8(17)6-10(9)18/h4-7,11-12H,1-3H3,(H,19,20)(H,21,22)/t7-,12+/m1/s1. The van der Waals surface area contributed by atoms with Gasteiger partial charge in [0.25, 0.3) is 5.91 Å². The lowest BCUT2D eigenvalue weighted by Gasteiger charge is -2.26. The molecule has 1 aromatic carbocycles. The van der Waals surface area contributed by atoms with Crippen LogP contribution in [-0.4, -0.2) is 49.2 Å². The maximum absolute atomic E-state index is 13.7. The first-order valence-corrected chi connectivity index (χ1v) is 7.28. The fraction of sp³-hybridized carbons (Fsp3) is 0.375. The molecule has 0 saturated heterocycles. The molecule has 0 unspecified atom stereocenters. The topological polar surface area (TPSA) is 119 Å². The van der Waals surface area contributed by atoms with Gasteiger partial charge in [0.15, 0.2) is 5.92 Å². The molecule has 0 heterocycles. The number of nitrogens with one attached hydrogen (secondary N) is 1. The number of carbonyl (C=O) groups is 4. The second-order valence-corrected chi connectivity index (χ2v) is 5.30. The molecule has 0 aliphatic rings. The molecule has 0 aromatic heterocycles. The summed E-state index contributed by atoms with van der Waals surface area (Å²) >= 11 is 0. The Balaban J connectivity index is 3.13. The van der Waals surface area contributed by atoms with E-state index in [-0.39, 0.29) is 0 Å². The van der Waals surface area contributed by atoms with E-state index in [0.29, 0.717) is 6.07 Å². The summed E-state index contributed by atoms with van der Waals surface area (Å²) < 4.78 is 35.5. The first kappa shape index (κ1) is 21.0. The van der Waals surface area contributed by atoms with Crippen molar-refractivity contribution in [2.45, 2.75) is 13.0 Å². The maximum Gasteiger partial charge on any atom is 0.326 e. The second kappa shape index (κ2) is 8.88. The molecule has 0 aliphatic heterocycles. The number of hydrogen-bond donors (Lipinski definition) is 2. The summed E-state index contributed by atoms with van der Waals surface area (Å²) in [5, 5.41) is 11.4. The van der Waals surface area contributed by atoms with E-state index >= 15 is 0 Å². The molecule has 8 nitrogen and oxygen atoms in total. The van der Waals surface area contributed by atoms with Gasteiger partial charge in [-0.05, 0) is 12.1 Å². The number of carboxylic acid groups (broad SMARTS) is 1. The lowest BCUT2D eigenvalue weighted by atomic mass is 9.87. The van der Waals surface area contributed by atoms with Crippen molar-refractivity contribution >= 4 is 23.8 Å². The molecule has 0 radical (unpaired) electrons. The Hall–Kier alpha value is -3.04. The van der Waals surface area contributed by atoms with Crippen LogP contribution in [0.1, 0.15) is 17.3 Å². The summed E-state index contributed by atoms with van der Waals surface area (Å²) in [6.07, 6.45) is 0. The van der Waals surface area contributed by atoms with E-state index in [2.05, 4.69) is 9.47 Å². The number of amides is 1. The van der Waals surface area contributed by atoms with Crippen LogP contribution in [0.3, 0.4) is 0 Å². The van der Waals surface area contributed by atoms with Gasteiger partial charge in [0.2, 0.25) is 0 Å². The first-order chi connectivity index (χ1) is 12.1. The van der Waals surface area contributed by atoms with Crippen LogP contribution in [0.15, 0.2) is 18.2 Å². The Morgan fingerprint density at radius 1 is 1.08 bits per heavy atom. The zero-order valence-electron chi connectivity index (χ0n) is 14.1. The molecule has 0 spiro atoms. The number of benzene rings is 1. The molecular formula is C16H17F2NO7. The van der Waals surface area contributed by atoms with E-state index in [9.17, 15) is 33.1 Å². The summed E-state index contributed by atoms with van der Waals surface area (Å²) in [6.45, 7) is 1.21. The summed E-state index contributed by atoms with van der Waals surface area (Å²) in [5.41, 5.74) is -0.600. The van der Waals surface area contributed by atoms with Gasteiger partial charge in [0.05, 0.1) is 19.8 Å².